The van der Waals surface area contributed by atoms with Crippen LogP contribution in [-0.2, 0) is 0 Å². The van der Waals surface area contributed by atoms with Crippen molar-refractivity contribution in [3.05, 3.63) is 54.5 Å². The molecule has 17 heavy (non-hydrogen) atoms. The second-order valence-corrected chi connectivity index (χ2v) is 4.74. The molecular formula is C13H15N3S. The maximum absolute atomic E-state index is 5.82. The lowest BCUT2D eigenvalue weighted by Crippen LogP contribution is -2.14. The van der Waals surface area contributed by atoms with Gasteiger partial charge in [0.1, 0.15) is 5.03 Å². The van der Waals surface area contributed by atoms with Crippen molar-refractivity contribution in [2.24, 2.45) is 5.73 Å². The Labute approximate surface area is 105 Å². The van der Waals surface area contributed by atoms with Crippen LogP contribution in [0.5, 0.6) is 0 Å². The van der Waals surface area contributed by atoms with E-state index in [0.717, 1.165) is 10.8 Å². The lowest BCUT2D eigenvalue weighted by Gasteiger charge is -2.14. The fourth-order valence-electron chi connectivity index (χ4n) is 1.57. The van der Waals surface area contributed by atoms with Crippen LogP contribution in [0.4, 0.5) is 0 Å². The maximum Gasteiger partial charge on any atom is 0.114 e. The molecule has 0 saturated heterocycles. The quantitative estimate of drug-likeness (QED) is 0.821. The molecule has 0 radical (unpaired) electrons. The molecule has 2 N–H and O–H groups in total. The standard InChI is InChI=1S/C13H15N3S/c14-8-12(11-4-2-1-3-5-11)10-17-13-9-15-6-7-16-13/h1-7,9,12H,8,10,14H2. The predicted molar refractivity (Wildman–Crippen MR) is 71.0 cm³/mol. The van der Waals surface area contributed by atoms with Crippen molar-refractivity contribution in [3.8, 4) is 0 Å². The second kappa shape index (κ2) is 6.37. The minimum Gasteiger partial charge on any atom is -0.330 e. The first-order valence-corrected chi connectivity index (χ1v) is 6.52. The number of nitrogens with two attached hydrogens (primary N) is 1. The summed E-state index contributed by atoms with van der Waals surface area (Å²) in [4.78, 5) is 8.28. The Morgan fingerprint density at radius 3 is 2.65 bits per heavy atom. The van der Waals surface area contributed by atoms with Crippen molar-refractivity contribution in [2.45, 2.75) is 10.9 Å². The normalized spacial score (nSPS) is 12.3. The molecule has 0 amide bonds. The van der Waals surface area contributed by atoms with Crippen LogP contribution in [0.2, 0.25) is 0 Å². The molecule has 1 aromatic heterocycles. The molecule has 1 aromatic carbocycles. The Kier molecular flexibility index (Phi) is 4.53. The highest BCUT2D eigenvalue weighted by Gasteiger charge is 2.10. The third-order valence-electron chi connectivity index (χ3n) is 2.53. The number of nitrogens with zero attached hydrogens (tertiary/aromatic N) is 2. The van der Waals surface area contributed by atoms with Crippen LogP contribution in [0.15, 0.2) is 53.9 Å². The number of aromatic nitrogens is 2. The van der Waals surface area contributed by atoms with Crippen molar-refractivity contribution in [3.63, 3.8) is 0 Å². The molecule has 2 aromatic rings. The minimum absolute atomic E-state index is 0.364. The van der Waals surface area contributed by atoms with Crippen molar-refractivity contribution < 1.29 is 0 Å². The molecule has 0 saturated carbocycles. The zero-order valence-corrected chi connectivity index (χ0v) is 10.3. The molecule has 3 nitrogen and oxygen atoms in total. The Balaban J connectivity index is 1.97. The van der Waals surface area contributed by atoms with E-state index in [1.165, 1.54) is 5.56 Å². The molecule has 2 rings (SSSR count). The van der Waals surface area contributed by atoms with E-state index >= 15 is 0 Å². The van der Waals surface area contributed by atoms with Gasteiger partial charge in [0.15, 0.2) is 0 Å². The van der Waals surface area contributed by atoms with E-state index in [9.17, 15) is 0 Å². The van der Waals surface area contributed by atoms with E-state index in [1.807, 2.05) is 18.2 Å². The van der Waals surface area contributed by atoms with Crippen LogP contribution in [0.1, 0.15) is 11.5 Å². The summed E-state index contributed by atoms with van der Waals surface area (Å²) in [6.45, 7) is 0.650. The van der Waals surface area contributed by atoms with Gasteiger partial charge in [-0.1, -0.05) is 30.3 Å². The second-order valence-electron chi connectivity index (χ2n) is 3.70. The predicted octanol–water partition coefficient (Wildman–Crippen LogP) is 2.31. The third kappa shape index (κ3) is 3.54. The summed E-state index contributed by atoms with van der Waals surface area (Å²) in [6, 6.07) is 10.4. The maximum atomic E-state index is 5.82. The van der Waals surface area contributed by atoms with Gasteiger partial charge in [-0.15, -0.1) is 11.8 Å². The van der Waals surface area contributed by atoms with Crippen molar-refractivity contribution in [1.82, 2.24) is 9.97 Å². The Morgan fingerprint density at radius 1 is 1.18 bits per heavy atom. The van der Waals surface area contributed by atoms with Crippen LogP contribution >= 0.6 is 11.8 Å². The molecule has 1 atom stereocenters. The molecule has 0 spiro atoms. The van der Waals surface area contributed by atoms with Gasteiger partial charge in [-0.2, -0.15) is 0 Å². The minimum atomic E-state index is 0.364. The van der Waals surface area contributed by atoms with Gasteiger partial charge < -0.3 is 5.73 Å². The lowest BCUT2D eigenvalue weighted by molar-refractivity contribution is 0.784. The smallest absolute Gasteiger partial charge is 0.114 e. The highest BCUT2D eigenvalue weighted by molar-refractivity contribution is 7.99. The molecule has 0 aliphatic heterocycles. The molecule has 0 aliphatic carbocycles. The largest absolute Gasteiger partial charge is 0.330 e. The molecular weight excluding hydrogens is 230 g/mol. The van der Waals surface area contributed by atoms with Crippen molar-refractivity contribution in [2.75, 3.05) is 12.3 Å². The van der Waals surface area contributed by atoms with E-state index in [0.29, 0.717) is 12.5 Å². The summed E-state index contributed by atoms with van der Waals surface area (Å²) in [5.74, 6) is 1.29. The first-order chi connectivity index (χ1) is 8.40. The lowest BCUT2D eigenvalue weighted by atomic mass is 10.0. The fourth-order valence-corrected chi connectivity index (χ4v) is 2.54. The number of benzene rings is 1. The average molecular weight is 245 g/mol. The molecule has 1 heterocycles. The van der Waals surface area contributed by atoms with Gasteiger partial charge in [0.2, 0.25) is 0 Å². The van der Waals surface area contributed by atoms with Gasteiger partial charge in [0.05, 0.1) is 6.20 Å². The van der Waals surface area contributed by atoms with Gasteiger partial charge in [0.25, 0.3) is 0 Å². The van der Waals surface area contributed by atoms with E-state index in [2.05, 4.69) is 22.1 Å². The number of thioether (sulfide) groups is 1. The average Bonchev–Trinajstić information content (AvgIpc) is 2.42. The Hall–Kier alpha value is -1.39. The third-order valence-corrected chi connectivity index (χ3v) is 3.60. The van der Waals surface area contributed by atoms with Gasteiger partial charge in [-0.05, 0) is 12.1 Å². The Morgan fingerprint density at radius 2 is 2.00 bits per heavy atom. The molecule has 88 valence electrons. The Bertz CT molecular complexity index is 433. The van der Waals surface area contributed by atoms with Crippen LogP contribution in [0.25, 0.3) is 0 Å². The van der Waals surface area contributed by atoms with Crippen LogP contribution in [0.3, 0.4) is 0 Å². The molecule has 4 heteroatoms. The highest BCUT2D eigenvalue weighted by Crippen LogP contribution is 2.23. The molecule has 0 bridgehead atoms. The first kappa shape index (κ1) is 12.1. The summed E-state index contributed by atoms with van der Waals surface area (Å²) in [6.07, 6.45) is 5.17. The van der Waals surface area contributed by atoms with Gasteiger partial charge in [0, 0.05) is 24.1 Å². The van der Waals surface area contributed by atoms with Crippen LogP contribution < -0.4 is 5.73 Å². The molecule has 0 aliphatic rings. The van der Waals surface area contributed by atoms with E-state index < -0.39 is 0 Å². The topological polar surface area (TPSA) is 51.8 Å². The van der Waals surface area contributed by atoms with Gasteiger partial charge >= 0.3 is 0 Å². The fraction of sp³-hybridized carbons (Fsp3) is 0.231. The zero-order valence-electron chi connectivity index (χ0n) is 9.49. The summed E-state index contributed by atoms with van der Waals surface area (Å²) in [5, 5.41) is 0.946. The van der Waals surface area contributed by atoms with E-state index in [1.54, 1.807) is 30.4 Å². The van der Waals surface area contributed by atoms with E-state index in [-0.39, 0.29) is 0 Å². The summed E-state index contributed by atoms with van der Waals surface area (Å²) in [7, 11) is 0. The molecule has 0 fully saturated rings. The number of hydrogen-bond acceptors (Lipinski definition) is 4. The number of hydrogen-bond donors (Lipinski definition) is 1. The van der Waals surface area contributed by atoms with Crippen LogP contribution in [0, 0.1) is 0 Å². The van der Waals surface area contributed by atoms with Crippen LogP contribution in [-0.4, -0.2) is 22.3 Å². The summed E-state index contributed by atoms with van der Waals surface area (Å²) < 4.78 is 0. The highest BCUT2D eigenvalue weighted by atomic mass is 32.2. The van der Waals surface area contributed by atoms with E-state index in [4.69, 9.17) is 5.73 Å². The summed E-state index contributed by atoms with van der Waals surface area (Å²) in [5.41, 5.74) is 7.10. The van der Waals surface area contributed by atoms with Gasteiger partial charge in [-0.25, -0.2) is 4.98 Å². The number of rotatable bonds is 5. The molecule has 1 unspecified atom stereocenters. The summed E-state index contributed by atoms with van der Waals surface area (Å²) >= 11 is 1.69. The van der Waals surface area contributed by atoms with Crippen molar-refractivity contribution in [1.29, 1.82) is 0 Å². The SMILES string of the molecule is NCC(CSc1cnccn1)c1ccccc1. The van der Waals surface area contributed by atoms with Gasteiger partial charge in [-0.3, -0.25) is 4.98 Å². The zero-order chi connectivity index (χ0) is 11.9. The first-order valence-electron chi connectivity index (χ1n) is 5.54. The van der Waals surface area contributed by atoms with Crippen molar-refractivity contribution >= 4 is 11.8 Å². The monoisotopic (exact) mass is 245 g/mol.